The molecule has 0 spiro atoms. The van der Waals surface area contributed by atoms with Gasteiger partial charge in [-0.15, -0.1) is 0 Å². The molecule has 2 rings (SSSR count). The third kappa shape index (κ3) is 2.90. The number of halogens is 1. The van der Waals surface area contributed by atoms with E-state index in [1.165, 1.54) is 11.3 Å². The van der Waals surface area contributed by atoms with Crippen LogP contribution in [-0.4, -0.2) is 26.6 Å². The van der Waals surface area contributed by atoms with Crippen molar-refractivity contribution in [2.24, 2.45) is 14.1 Å². The molecule has 6 heteroatoms. The van der Waals surface area contributed by atoms with Crippen LogP contribution in [0.1, 0.15) is 29.9 Å². The Balaban J connectivity index is 2.26. The molecule has 0 amide bonds. The maximum atomic E-state index is 4.54. The van der Waals surface area contributed by atoms with Gasteiger partial charge >= 0.3 is 0 Å². The Morgan fingerprint density at radius 2 is 2.16 bits per heavy atom. The third-order valence-electron chi connectivity index (χ3n) is 3.38. The molecule has 104 valence electrons. The Hall–Kier alpha value is -1.14. The zero-order valence-electron chi connectivity index (χ0n) is 11.8. The van der Waals surface area contributed by atoms with Gasteiger partial charge in [0.1, 0.15) is 0 Å². The number of aryl methyl sites for hydroxylation is 3. The third-order valence-corrected chi connectivity index (χ3v) is 4.29. The lowest BCUT2D eigenvalue weighted by Gasteiger charge is -2.15. The van der Waals surface area contributed by atoms with Gasteiger partial charge in [-0.3, -0.25) is 9.36 Å². The maximum absolute atomic E-state index is 4.54. The summed E-state index contributed by atoms with van der Waals surface area (Å²) in [6, 6.07) is 0.241. The Morgan fingerprint density at radius 3 is 2.63 bits per heavy atom. The normalized spacial score (nSPS) is 12.9. The highest BCUT2D eigenvalue weighted by molar-refractivity contribution is 9.10. The monoisotopic (exact) mass is 325 g/mol. The van der Waals surface area contributed by atoms with Gasteiger partial charge in [-0.1, -0.05) is 6.92 Å². The predicted molar refractivity (Wildman–Crippen MR) is 79.0 cm³/mol. The molecular weight excluding hydrogens is 306 g/mol. The summed E-state index contributed by atoms with van der Waals surface area (Å²) < 4.78 is 4.92. The van der Waals surface area contributed by atoms with E-state index < -0.39 is 0 Å². The van der Waals surface area contributed by atoms with Gasteiger partial charge in [-0.2, -0.15) is 10.2 Å². The topological polar surface area (TPSA) is 47.7 Å². The molecule has 0 bridgehead atoms. The average molecular weight is 326 g/mol. The van der Waals surface area contributed by atoms with Crippen LogP contribution in [0.2, 0.25) is 0 Å². The van der Waals surface area contributed by atoms with Crippen LogP contribution < -0.4 is 5.32 Å². The standard InChI is InChI=1S/C13H20BrN5/c1-5-10-13(14)12(19(4)17-10)6-11(15-2)9-7-16-18(3)8-9/h7-8,11,15H,5-6H2,1-4H3. The van der Waals surface area contributed by atoms with Crippen LogP contribution in [0, 0.1) is 0 Å². The van der Waals surface area contributed by atoms with E-state index in [2.05, 4.69) is 38.4 Å². The van der Waals surface area contributed by atoms with Gasteiger partial charge in [0, 0.05) is 38.3 Å². The number of aromatic nitrogens is 4. The van der Waals surface area contributed by atoms with E-state index >= 15 is 0 Å². The molecule has 2 aromatic heterocycles. The van der Waals surface area contributed by atoms with Gasteiger partial charge in [0.2, 0.25) is 0 Å². The van der Waals surface area contributed by atoms with Crippen LogP contribution in [0.3, 0.4) is 0 Å². The molecule has 1 atom stereocenters. The minimum atomic E-state index is 0.241. The highest BCUT2D eigenvalue weighted by Crippen LogP contribution is 2.26. The fourth-order valence-corrected chi connectivity index (χ4v) is 3.02. The minimum Gasteiger partial charge on any atom is -0.313 e. The smallest absolute Gasteiger partial charge is 0.0766 e. The molecule has 0 aliphatic carbocycles. The van der Waals surface area contributed by atoms with E-state index in [0.29, 0.717) is 0 Å². The summed E-state index contributed by atoms with van der Waals surface area (Å²) in [4.78, 5) is 0. The first-order chi connectivity index (χ1) is 9.06. The van der Waals surface area contributed by atoms with Crippen molar-refractivity contribution in [2.75, 3.05) is 7.05 Å². The van der Waals surface area contributed by atoms with Crippen LogP contribution in [0.5, 0.6) is 0 Å². The minimum absolute atomic E-state index is 0.241. The van der Waals surface area contributed by atoms with Crippen LogP contribution in [0.15, 0.2) is 16.9 Å². The van der Waals surface area contributed by atoms with E-state index in [1.54, 1.807) is 0 Å². The van der Waals surface area contributed by atoms with Crippen molar-refractivity contribution in [2.45, 2.75) is 25.8 Å². The van der Waals surface area contributed by atoms with Crippen LogP contribution in [0.4, 0.5) is 0 Å². The number of nitrogens with one attached hydrogen (secondary N) is 1. The molecular formula is C13H20BrN5. The lowest BCUT2D eigenvalue weighted by Crippen LogP contribution is -2.20. The Bertz CT molecular complexity index is 557. The van der Waals surface area contributed by atoms with Gasteiger partial charge in [-0.05, 0) is 29.4 Å². The van der Waals surface area contributed by atoms with E-state index in [9.17, 15) is 0 Å². The molecule has 5 nitrogen and oxygen atoms in total. The lowest BCUT2D eigenvalue weighted by atomic mass is 10.1. The molecule has 19 heavy (non-hydrogen) atoms. The first-order valence-corrected chi connectivity index (χ1v) is 7.22. The molecule has 0 saturated carbocycles. The molecule has 0 aliphatic heterocycles. The first-order valence-electron chi connectivity index (χ1n) is 6.42. The highest BCUT2D eigenvalue weighted by atomic mass is 79.9. The summed E-state index contributed by atoms with van der Waals surface area (Å²) in [5, 5.41) is 12.1. The maximum Gasteiger partial charge on any atom is 0.0766 e. The van der Waals surface area contributed by atoms with Crippen molar-refractivity contribution in [1.29, 1.82) is 0 Å². The molecule has 0 aromatic carbocycles. The van der Waals surface area contributed by atoms with Crippen molar-refractivity contribution in [3.8, 4) is 0 Å². The molecule has 0 saturated heterocycles. The summed E-state index contributed by atoms with van der Waals surface area (Å²) in [6.07, 6.45) is 5.77. The number of hydrogen-bond donors (Lipinski definition) is 1. The summed E-state index contributed by atoms with van der Waals surface area (Å²) in [6.45, 7) is 2.12. The van der Waals surface area contributed by atoms with E-state index in [-0.39, 0.29) is 6.04 Å². The summed E-state index contributed by atoms with van der Waals surface area (Å²) in [5.41, 5.74) is 3.51. The van der Waals surface area contributed by atoms with Gasteiger partial charge in [-0.25, -0.2) is 0 Å². The van der Waals surface area contributed by atoms with Crippen molar-refractivity contribution in [3.63, 3.8) is 0 Å². The van der Waals surface area contributed by atoms with Crippen LogP contribution in [-0.2, 0) is 26.9 Å². The number of hydrogen-bond acceptors (Lipinski definition) is 3. The van der Waals surface area contributed by atoms with Crippen LogP contribution in [0.25, 0.3) is 0 Å². The molecule has 0 fully saturated rings. The van der Waals surface area contributed by atoms with Crippen molar-refractivity contribution in [1.82, 2.24) is 24.9 Å². The lowest BCUT2D eigenvalue weighted by molar-refractivity contribution is 0.559. The Morgan fingerprint density at radius 1 is 1.42 bits per heavy atom. The fourth-order valence-electron chi connectivity index (χ4n) is 2.24. The molecule has 0 radical (unpaired) electrons. The average Bonchev–Trinajstić information content (AvgIpc) is 2.92. The Kier molecular flexibility index (Phi) is 4.42. The second kappa shape index (κ2) is 5.88. The number of rotatable bonds is 5. The zero-order chi connectivity index (χ0) is 14.0. The second-order valence-corrected chi connectivity index (χ2v) is 5.47. The Labute approximate surface area is 122 Å². The van der Waals surface area contributed by atoms with Crippen molar-refractivity contribution >= 4 is 15.9 Å². The molecule has 0 aliphatic rings. The van der Waals surface area contributed by atoms with Gasteiger partial charge in [0.05, 0.1) is 22.1 Å². The largest absolute Gasteiger partial charge is 0.313 e. The van der Waals surface area contributed by atoms with Crippen molar-refractivity contribution in [3.05, 3.63) is 33.8 Å². The number of nitrogens with zero attached hydrogens (tertiary/aromatic N) is 4. The van der Waals surface area contributed by atoms with E-state index in [0.717, 1.165) is 23.0 Å². The highest BCUT2D eigenvalue weighted by Gasteiger charge is 2.18. The molecule has 1 N–H and O–H groups in total. The zero-order valence-corrected chi connectivity index (χ0v) is 13.4. The summed E-state index contributed by atoms with van der Waals surface area (Å²) in [7, 11) is 5.91. The number of likely N-dealkylation sites (N-methyl/N-ethyl adjacent to an activating group) is 1. The molecule has 2 aromatic rings. The van der Waals surface area contributed by atoms with Crippen molar-refractivity contribution < 1.29 is 0 Å². The first kappa shape index (κ1) is 14.3. The molecule has 1 unspecified atom stereocenters. The quantitative estimate of drug-likeness (QED) is 0.914. The summed E-state index contributed by atoms with van der Waals surface area (Å²) in [5.74, 6) is 0. The predicted octanol–water partition coefficient (Wildman–Crippen LogP) is 1.98. The summed E-state index contributed by atoms with van der Waals surface area (Å²) >= 11 is 3.67. The van der Waals surface area contributed by atoms with E-state index in [4.69, 9.17) is 0 Å². The van der Waals surface area contributed by atoms with Gasteiger partial charge in [0.15, 0.2) is 0 Å². The molecule has 2 heterocycles. The second-order valence-electron chi connectivity index (χ2n) is 4.68. The van der Waals surface area contributed by atoms with Gasteiger partial charge < -0.3 is 5.32 Å². The van der Waals surface area contributed by atoms with Gasteiger partial charge in [0.25, 0.3) is 0 Å². The van der Waals surface area contributed by atoms with E-state index in [1.807, 2.05) is 42.9 Å². The fraction of sp³-hybridized carbons (Fsp3) is 0.538. The van der Waals surface area contributed by atoms with Crippen LogP contribution >= 0.6 is 15.9 Å². The SMILES string of the molecule is CCc1nn(C)c(CC(NC)c2cnn(C)c2)c1Br.